The Hall–Kier alpha value is -0.480. The summed E-state index contributed by atoms with van der Waals surface area (Å²) in [6, 6.07) is 0.999. The normalized spacial score (nSPS) is 11.8. The molecule has 12 heavy (non-hydrogen) atoms. The van der Waals surface area contributed by atoms with Crippen LogP contribution < -0.4 is 0 Å². The van der Waals surface area contributed by atoms with Gasteiger partial charge in [-0.25, -0.2) is 4.98 Å². The standard InChI is InChI=1S/C6H2Cl2F3N/c7-3-1-4(8)5(12-2-3)6(9,10)11/h1-2H. The molecule has 0 bridgehead atoms. The van der Waals surface area contributed by atoms with Crippen LogP contribution in [0.2, 0.25) is 10.0 Å². The third kappa shape index (κ3) is 2.01. The summed E-state index contributed by atoms with van der Waals surface area (Å²) in [4.78, 5) is 3.06. The molecular weight excluding hydrogens is 214 g/mol. The van der Waals surface area contributed by atoms with Crippen molar-refractivity contribution in [3.05, 3.63) is 28.0 Å². The van der Waals surface area contributed by atoms with Crippen LogP contribution in [0.3, 0.4) is 0 Å². The molecule has 0 aromatic carbocycles. The molecule has 1 heterocycles. The van der Waals surface area contributed by atoms with Gasteiger partial charge in [0.1, 0.15) is 0 Å². The zero-order valence-electron chi connectivity index (χ0n) is 5.49. The van der Waals surface area contributed by atoms with E-state index in [4.69, 9.17) is 23.2 Å². The van der Waals surface area contributed by atoms with E-state index >= 15 is 0 Å². The van der Waals surface area contributed by atoms with Crippen molar-refractivity contribution in [1.82, 2.24) is 4.98 Å². The number of nitrogens with zero attached hydrogens (tertiary/aromatic N) is 1. The first kappa shape index (κ1) is 9.61. The molecular formula is C6H2Cl2F3N. The van der Waals surface area contributed by atoms with Gasteiger partial charge in [-0.2, -0.15) is 13.2 Å². The molecule has 0 spiro atoms. The van der Waals surface area contributed by atoms with Gasteiger partial charge < -0.3 is 0 Å². The fourth-order valence-corrected chi connectivity index (χ4v) is 1.11. The summed E-state index contributed by atoms with van der Waals surface area (Å²) in [5, 5.41) is -0.414. The van der Waals surface area contributed by atoms with Crippen LogP contribution >= 0.6 is 23.2 Å². The molecule has 0 aliphatic rings. The van der Waals surface area contributed by atoms with Gasteiger partial charge in [0.15, 0.2) is 5.69 Å². The minimum absolute atomic E-state index is 0.0769. The van der Waals surface area contributed by atoms with E-state index in [0.717, 1.165) is 12.3 Å². The number of pyridine rings is 1. The van der Waals surface area contributed by atoms with E-state index in [9.17, 15) is 13.2 Å². The van der Waals surface area contributed by atoms with E-state index in [1.165, 1.54) is 0 Å². The molecule has 0 N–H and O–H groups in total. The van der Waals surface area contributed by atoms with Gasteiger partial charge >= 0.3 is 6.18 Å². The molecule has 1 nitrogen and oxygen atoms in total. The first-order valence-electron chi connectivity index (χ1n) is 2.79. The fraction of sp³-hybridized carbons (Fsp3) is 0.167. The molecule has 1 aromatic heterocycles. The zero-order valence-corrected chi connectivity index (χ0v) is 7.00. The molecule has 0 radical (unpaired) electrons. The van der Waals surface area contributed by atoms with E-state index in [-0.39, 0.29) is 5.02 Å². The molecule has 0 unspecified atom stereocenters. The van der Waals surface area contributed by atoms with E-state index in [1.54, 1.807) is 0 Å². The van der Waals surface area contributed by atoms with Crippen LogP contribution in [0.4, 0.5) is 13.2 Å². The summed E-state index contributed by atoms with van der Waals surface area (Å²) in [7, 11) is 0. The number of alkyl halides is 3. The average molecular weight is 216 g/mol. The lowest BCUT2D eigenvalue weighted by Crippen LogP contribution is -2.08. The van der Waals surface area contributed by atoms with Crippen LogP contribution in [0.15, 0.2) is 12.3 Å². The molecule has 0 saturated heterocycles. The van der Waals surface area contributed by atoms with Gasteiger partial charge in [0.25, 0.3) is 0 Å². The molecule has 0 atom stereocenters. The lowest BCUT2D eigenvalue weighted by Gasteiger charge is -2.06. The fourth-order valence-electron chi connectivity index (χ4n) is 0.623. The minimum Gasteiger partial charge on any atom is -0.249 e. The third-order valence-corrected chi connectivity index (χ3v) is 1.57. The summed E-state index contributed by atoms with van der Waals surface area (Å²) < 4.78 is 36.0. The Kier molecular flexibility index (Phi) is 2.49. The van der Waals surface area contributed by atoms with Gasteiger partial charge in [-0.15, -0.1) is 0 Å². The summed E-state index contributed by atoms with van der Waals surface area (Å²) in [6.07, 6.45) is -3.63. The van der Waals surface area contributed by atoms with Gasteiger partial charge in [-0.3, -0.25) is 0 Å². The maximum atomic E-state index is 12.0. The summed E-state index contributed by atoms with van der Waals surface area (Å²) in [6.45, 7) is 0. The molecule has 0 aliphatic carbocycles. The Labute approximate surface area is 76.1 Å². The van der Waals surface area contributed by atoms with Crippen LogP contribution in [0.1, 0.15) is 5.69 Å². The molecule has 0 aliphatic heterocycles. The van der Waals surface area contributed by atoms with Crippen molar-refractivity contribution in [1.29, 1.82) is 0 Å². The van der Waals surface area contributed by atoms with E-state index < -0.39 is 16.9 Å². The van der Waals surface area contributed by atoms with Crippen molar-refractivity contribution >= 4 is 23.2 Å². The lowest BCUT2D eigenvalue weighted by molar-refractivity contribution is -0.141. The first-order chi connectivity index (χ1) is 5.41. The van der Waals surface area contributed by atoms with E-state index in [0.29, 0.717) is 0 Å². The predicted molar refractivity (Wildman–Crippen MR) is 39.3 cm³/mol. The smallest absolute Gasteiger partial charge is 0.249 e. The van der Waals surface area contributed by atoms with Crippen LogP contribution in [0.25, 0.3) is 0 Å². The van der Waals surface area contributed by atoms with Crippen molar-refractivity contribution in [3.63, 3.8) is 0 Å². The molecule has 6 heteroatoms. The Morgan fingerprint density at radius 1 is 1.25 bits per heavy atom. The largest absolute Gasteiger partial charge is 0.434 e. The van der Waals surface area contributed by atoms with Crippen LogP contribution in [0, 0.1) is 0 Å². The highest BCUT2D eigenvalue weighted by Crippen LogP contribution is 2.33. The molecule has 1 rings (SSSR count). The van der Waals surface area contributed by atoms with Crippen LogP contribution in [-0.4, -0.2) is 4.98 Å². The number of rotatable bonds is 0. The Balaban J connectivity index is 3.19. The van der Waals surface area contributed by atoms with Crippen molar-refractivity contribution in [2.24, 2.45) is 0 Å². The number of aromatic nitrogens is 1. The number of halogens is 5. The first-order valence-corrected chi connectivity index (χ1v) is 3.55. The number of hydrogen-bond donors (Lipinski definition) is 0. The van der Waals surface area contributed by atoms with Gasteiger partial charge in [-0.1, -0.05) is 23.2 Å². The van der Waals surface area contributed by atoms with Crippen LogP contribution in [-0.2, 0) is 6.18 Å². The molecule has 1 aromatic rings. The topological polar surface area (TPSA) is 12.9 Å². The van der Waals surface area contributed by atoms with Crippen molar-refractivity contribution in [2.45, 2.75) is 6.18 Å². The summed E-state index contributed by atoms with van der Waals surface area (Å²) in [5.74, 6) is 0. The summed E-state index contributed by atoms with van der Waals surface area (Å²) in [5.41, 5.74) is -1.12. The molecule has 0 fully saturated rings. The second-order valence-electron chi connectivity index (χ2n) is 1.98. The Morgan fingerprint density at radius 2 is 1.83 bits per heavy atom. The monoisotopic (exact) mass is 215 g/mol. The van der Waals surface area contributed by atoms with Crippen molar-refractivity contribution < 1.29 is 13.2 Å². The lowest BCUT2D eigenvalue weighted by atomic mass is 10.3. The molecule has 0 saturated carbocycles. The highest BCUT2D eigenvalue weighted by molar-refractivity contribution is 6.34. The second-order valence-corrected chi connectivity index (χ2v) is 2.83. The molecule has 0 amide bonds. The van der Waals surface area contributed by atoms with Crippen LogP contribution in [0.5, 0.6) is 0 Å². The highest BCUT2D eigenvalue weighted by Gasteiger charge is 2.34. The third-order valence-electron chi connectivity index (χ3n) is 1.08. The van der Waals surface area contributed by atoms with Crippen molar-refractivity contribution in [3.8, 4) is 0 Å². The molecule has 66 valence electrons. The van der Waals surface area contributed by atoms with Gasteiger partial charge in [0, 0.05) is 6.20 Å². The van der Waals surface area contributed by atoms with E-state index in [1.807, 2.05) is 0 Å². The predicted octanol–water partition coefficient (Wildman–Crippen LogP) is 3.41. The van der Waals surface area contributed by atoms with Gasteiger partial charge in [0.05, 0.1) is 10.0 Å². The van der Waals surface area contributed by atoms with E-state index in [2.05, 4.69) is 4.98 Å². The van der Waals surface area contributed by atoms with Gasteiger partial charge in [0.2, 0.25) is 0 Å². The quantitative estimate of drug-likeness (QED) is 0.647. The second kappa shape index (κ2) is 3.11. The highest BCUT2D eigenvalue weighted by atomic mass is 35.5. The SMILES string of the molecule is FC(F)(F)c1ncc(Cl)cc1Cl. The summed E-state index contributed by atoms with van der Waals surface area (Å²) >= 11 is 10.6. The maximum Gasteiger partial charge on any atom is 0.434 e. The maximum absolute atomic E-state index is 12.0. The van der Waals surface area contributed by atoms with Gasteiger partial charge in [-0.05, 0) is 6.07 Å². The zero-order chi connectivity index (χ0) is 9.35. The Bertz CT molecular complexity index is 297. The minimum atomic E-state index is -4.53. The Morgan fingerprint density at radius 3 is 2.25 bits per heavy atom. The van der Waals surface area contributed by atoms with Crippen molar-refractivity contribution in [2.75, 3.05) is 0 Å². The number of hydrogen-bond acceptors (Lipinski definition) is 1. The average Bonchev–Trinajstić information content (AvgIpc) is 1.83.